The van der Waals surface area contributed by atoms with Crippen LogP contribution in [0.2, 0.25) is 0 Å². The summed E-state index contributed by atoms with van der Waals surface area (Å²) < 4.78 is 0. The summed E-state index contributed by atoms with van der Waals surface area (Å²) in [4.78, 5) is 9.26. The summed E-state index contributed by atoms with van der Waals surface area (Å²) in [6, 6.07) is 6.31. The highest BCUT2D eigenvalue weighted by atomic mass is 32.2. The van der Waals surface area contributed by atoms with E-state index in [0.717, 1.165) is 40.0 Å². The Morgan fingerprint density at radius 1 is 1.21 bits per heavy atom. The molecule has 3 rings (SSSR count). The van der Waals surface area contributed by atoms with Crippen molar-refractivity contribution < 1.29 is 0 Å². The van der Waals surface area contributed by atoms with Gasteiger partial charge in [0.2, 0.25) is 0 Å². The number of nitrogens with one attached hydrogen (secondary N) is 1. The SMILES string of the molecule is Cc1ccc(-c2nc3c(c(NN)n2)CSC3)c(C)c1. The molecule has 0 amide bonds. The average Bonchev–Trinajstić information content (AvgIpc) is 2.85. The zero-order valence-corrected chi connectivity index (χ0v) is 11.8. The number of benzene rings is 1. The number of hydrogen-bond acceptors (Lipinski definition) is 5. The third kappa shape index (κ3) is 2.19. The highest BCUT2D eigenvalue weighted by Crippen LogP contribution is 2.34. The standard InChI is InChI=1S/C14H16N4S/c1-8-3-4-10(9(2)5-8)13-16-12-7-19-6-11(12)14(17-13)18-15/h3-5H,6-7,15H2,1-2H3,(H,16,17,18). The number of rotatable bonds is 2. The van der Waals surface area contributed by atoms with E-state index in [9.17, 15) is 0 Å². The van der Waals surface area contributed by atoms with Gasteiger partial charge in [0.25, 0.3) is 0 Å². The lowest BCUT2D eigenvalue weighted by molar-refractivity contribution is 1.06. The predicted octanol–water partition coefficient (Wildman–Crippen LogP) is 2.79. The molecule has 0 saturated carbocycles. The molecule has 0 atom stereocenters. The molecule has 19 heavy (non-hydrogen) atoms. The number of anilines is 1. The van der Waals surface area contributed by atoms with Crippen LogP contribution >= 0.6 is 11.8 Å². The normalized spacial score (nSPS) is 13.4. The van der Waals surface area contributed by atoms with Crippen LogP contribution in [0.3, 0.4) is 0 Å². The molecule has 1 aliphatic heterocycles. The van der Waals surface area contributed by atoms with Crippen LogP contribution in [0.4, 0.5) is 5.82 Å². The Hall–Kier alpha value is -1.59. The van der Waals surface area contributed by atoms with Gasteiger partial charge in [-0.3, -0.25) is 0 Å². The highest BCUT2D eigenvalue weighted by molar-refractivity contribution is 7.98. The summed E-state index contributed by atoms with van der Waals surface area (Å²) in [5, 5.41) is 0. The molecule has 0 saturated heterocycles. The molecule has 3 N–H and O–H groups in total. The van der Waals surface area contributed by atoms with Gasteiger partial charge >= 0.3 is 0 Å². The lowest BCUT2D eigenvalue weighted by Crippen LogP contribution is -2.13. The molecule has 98 valence electrons. The lowest BCUT2D eigenvalue weighted by atomic mass is 10.0. The minimum absolute atomic E-state index is 0.755. The van der Waals surface area contributed by atoms with Gasteiger partial charge in [-0.2, -0.15) is 11.8 Å². The van der Waals surface area contributed by atoms with E-state index in [1.165, 1.54) is 11.1 Å². The largest absolute Gasteiger partial charge is 0.308 e. The molecule has 0 bridgehead atoms. The molecule has 0 aliphatic carbocycles. The van der Waals surface area contributed by atoms with Gasteiger partial charge in [-0.1, -0.05) is 23.8 Å². The van der Waals surface area contributed by atoms with Gasteiger partial charge in [-0.25, -0.2) is 15.8 Å². The van der Waals surface area contributed by atoms with Gasteiger partial charge in [-0.05, 0) is 19.4 Å². The second-order valence-electron chi connectivity index (χ2n) is 4.78. The maximum absolute atomic E-state index is 5.58. The first kappa shape index (κ1) is 12.4. The van der Waals surface area contributed by atoms with Crippen LogP contribution in [-0.2, 0) is 11.5 Å². The molecule has 1 aromatic carbocycles. The van der Waals surface area contributed by atoms with Gasteiger partial charge in [0.15, 0.2) is 5.82 Å². The minimum Gasteiger partial charge on any atom is -0.308 e. The second-order valence-corrected chi connectivity index (χ2v) is 5.76. The Labute approximate surface area is 116 Å². The minimum atomic E-state index is 0.755. The Balaban J connectivity index is 2.15. The molecular formula is C14H16N4S. The maximum Gasteiger partial charge on any atom is 0.162 e. The summed E-state index contributed by atoms with van der Waals surface area (Å²) in [5.41, 5.74) is 8.45. The first-order valence-electron chi connectivity index (χ1n) is 6.21. The number of nitrogens with two attached hydrogens (primary N) is 1. The number of fused-ring (bicyclic) bond motifs is 1. The lowest BCUT2D eigenvalue weighted by Gasteiger charge is -2.11. The molecule has 0 radical (unpaired) electrons. The summed E-state index contributed by atoms with van der Waals surface area (Å²) in [7, 11) is 0. The van der Waals surface area contributed by atoms with Gasteiger partial charge in [0.1, 0.15) is 5.82 Å². The van der Waals surface area contributed by atoms with Gasteiger partial charge in [-0.15, -0.1) is 0 Å². The summed E-state index contributed by atoms with van der Waals surface area (Å²) >= 11 is 1.84. The zero-order chi connectivity index (χ0) is 13.4. The smallest absolute Gasteiger partial charge is 0.162 e. The average molecular weight is 272 g/mol. The van der Waals surface area contributed by atoms with Crippen LogP contribution in [0.5, 0.6) is 0 Å². The van der Waals surface area contributed by atoms with Crippen molar-refractivity contribution in [2.45, 2.75) is 25.4 Å². The van der Waals surface area contributed by atoms with Crippen molar-refractivity contribution in [2.24, 2.45) is 5.84 Å². The number of hydrogen-bond donors (Lipinski definition) is 2. The van der Waals surface area contributed by atoms with Crippen LogP contribution in [0.15, 0.2) is 18.2 Å². The Morgan fingerprint density at radius 2 is 2.05 bits per heavy atom. The van der Waals surface area contributed by atoms with Crippen LogP contribution in [-0.4, -0.2) is 9.97 Å². The molecule has 2 aromatic rings. The predicted molar refractivity (Wildman–Crippen MR) is 79.8 cm³/mol. The van der Waals surface area contributed by atoms with E-state index in [0.29, 0.717) is 0 Å². The molecule has 0 unspecified atom stereocenters. The van der Waals surface area contributed by atoms with Crippen molar-refractivity contribution in [3.05, 3.63) is 40.6 Å². The van der Waals surface area contributed by atoms with Gasteiger partial charge in [0.05, 0.1) is 5.69 Å². The van der Waals surface area contributed by atoms with Crippen molar-refractivity contribution in [3.8, 4) is 11.4 Å². The van der Waals surface area contributed by atoms with Crippen LogP contribution in [0.25, 0.3) is 11.4 Å². The second kappa shape index (κ2) is 4.83. The number of aryl methyl sites for hydroxylation is 2. The van der Waals surface area contributed by atoms with Crippen molar-refractivity contribution in [1.82, 2.24) is 9.97 Å². The maximum atomic E-state index is 5.58. The molecule has 5 heteroatoms. The number of thioether (sulfide) groups is 1. The fraction of sp³-hybridized carbons (Fsp3) is 0.286. The number of hydrazine groups is 1. The Morgan fingerprint density at radius 3 is 2.79 bits per heavy atom. The molecule has 0 spiro atoms. The van der Waals surface area contributed by atoms with Gasteiger partial charge < -0.3 is 5.43 Å². The monoisotopic (exact) mass is 272 g/mol. The Kier molecular flexibility index (Phi) is 3.16. The highest BCUT2D eigenvalue weighted by Gasteiger charge is 2.20. The van der Waals surface area contributed by atoms with E-state index in [1.54, 1.807) is 0 Å². The van der Waals surface area contributed by atoms with E-state index in [4.69, 9.17) is 10.8 Å². The third-order valence-electron chi connectivity index (χ3n) is 3.34. The summed E-state index contributed by atoms with van der Waals surface area (Å²) in [6.07, 6.45) is 0. The molecule has 2 heterocycles. The van der Waals surface area contributed by atoms with Crippen molar-refractivity contribution in [3.63, 3.8) is 0 Å². The van der Waals surface area contributed by atoms with E-state index >= 15 is 0 Å². The van der Waals surface area contributed by atoms with Crippen LogP contribution < -0.4 is 11.3 Å². The summed E-state index contributed by atoms with van der Waals surface area (Å²) in [5.74, 6) is 8.96. The first-order valence-corrected chi connectivity index (χ1v) is 7.36. The van der Waals surface area contributed by atoms with Crippen molar-refractivity contribution >= 4 is 17.6 Å². The van der Waals surface area contributed by atoms with Crippen LogP contribution in [0, 0.1) is 13.8 Å². The fourth-order valence-electron chi connectivity index (χ4n) is 2.36. The fourth-order valence-corrected chi connectivity index (χ4v) is 3.40. The molecule has 0 fully saturated rings. The quantitative estimate of drug-likeness (QED) is 0.650. The van der Waals surface area contributed by atoms with Crippen molar-refractivity contribution in [1.29, 1.82) is 0 Å². The van der Waals surface area contributed by atoms with E-state index in [2.05, 4.69) is 42.5 Å². The summed E-state index contributed by atoms with van der Waals surface area (Å²) in [6.45, 7) is 4.17. The number of nitrogen functional groups attached to an aromatic ring is 1. The van der Waals surface area contributed by atoms with Crippen LogP contribution in [0.1, 0.15) is 22.4 Å². The van der Waals surface area contributed by atoms with Crippen molar-refractivity contribution in [2.75, 3.05) is 5.43 Å². The Bertz CT molecular complexity index is 640. The molecule has 1 aliphatic rings. The van der Waals surface area contributed by atoms with Gasteiger partial charge in [0, 0.05) is 22.6 Å². The van der Waals surface area contributed by atoms with E-state index in [-0.39, 0.29) is 0 Å². The third-order valence-corrected chi connectivity index (χ3v) is 4.31. The topological polar surface area (TPSA) is 63.8 Å². The molecular weight excluding hydrogens is 256 g/mol. The van der Waals surface area contributed by atoms with E-state index < -0.39 is 0 Å². The molecule has 4 nitrogen and oxygen atoms in total. The molecule has 1 aromatic heterocycles. The number of nitrogens with zero attached hydrogens (tertiary/aromatic N) is 2. The first-order chi connectivity index (χ1) is 9.19. The zero-order valence-electron chi connectivity index (χ0n) is 11.0. The number of aromatic nitrogens is 2. The van der Waals surface area contributed by atoms with E-state index in [1.807, 2.05) is 11.8 Å².